The second-order valence-electron chi connectivity index (χ2n) is 6.78. The fourth-order valence-electron chi connectivity index (χ4n) is 3.53. The molecule has 1 aromatic carbocycles. The third-order valence-corrected chi connectivity index (χ3v) is 4.98. The molecule has 2 N–H and O–H groups in total. The molecule has 23 heavy (non-hydrogen) atoms. The van der Waals surface area contributed by atoms with Gasteiger partial charge in [0.2, 0.25) is 0 Å². The number of amides is 2. The number of carbonyl (C=O) groups is 1. The molecule has 1 aromatic heterocycles. The minimum absolute atomic E-state index is 0.0941. The molecule has 1 atom stereocenters. The molecule has 3 rings (SSSR count). The van der Waals surface area contributed by atoms with E-state index in [1.807, 2.05) is 11.0 Å². The summed E-state index contributed by atoms with van der Waals surface area (Å²) in [6, 6.07) is 8.45. The standard InChI is InChI=1S/C19H27N3O/c1-14-6-5-12-22(13-10-14)19(23)20-11-9-16-15(2)21-18-8-4-3-7-17(16)18/h3-4,7-8,14,21H,5-6,9-13H2,1-2H3,(H,20,23). The zero-order valence-corrected chi connectivity index (χ0v) is 14.2. The van der Waals surface area contributed by atoms with Crippen LogP contribution in [0, 0.1) is 12.8 Å². The van der Waals surface area contributed by atoms with E-state index in [0.29, 0.717) is 6.54 Å². The molecule has 0 bridgehead atoms. The number of fused-ring (bicyclic) bond motifs is 1. The Labute approximate surface area is 138 Å². The molecule has 1 fully saturated rings. The number of urea groups is 1. The fourth-order valence-corrected chi connectivity index (χ4v) is 3.53. The highest BCUT2D eigenvalue weighted by molar-refractivity contribution is 5.84. The first-order valence-electron chi connectivity index (χ1n) is 8.74. The summed E-state index contributed by atoms with van der Waals surface area (Å²) >= 11 is 0. The number of aryl methyl sites for hydroxylation is 1. The number of likely N-dealkylation sites (tertiary alicyclic amines) is 1. The van der Waals surface area contributed by atoms with E-state index >= 15 is 0 Å². The Morgan fingerprint density at radius 3 is 3.00 bits per heavy atom. The monoisotopic (exact) mass is 313 g/mol. The lowest BCUT2D eigenvalue weighted by Crippen LogP contribution is -2.41. The van der Waals surface area contributed by atoms with Crippen LogP contribution in [0.5, 0.6) is 0 Å². The van der Waals surface area contributed by atoms with Crippen molar-refractivity contribution < 1.29 is 4.79 Å². The highest BCUT2D eigenvalue weighted by atomic mass is 16.2. The van der Waals surface area contributed by atoms with E-state index in [1.54, 1.807) is 0 Å². The first kappa shape index (κ1) is 15.9. The van der Waals surface area contributed by atoms with Gasteiger partial charge in [0.25, 0.3) is 0 Å². The number of carbonyl (C=O) groups excluding carboxylic acids is 1. The Balaban J connectivity index is 1.56. The number of H-pyrrole nitrogens is 1. The normalized spacial score (nSPS) is 18.9. The minimum Gasteiger partial charge on any atom is -0.358 e. The van der Waals surface area contributed by atoms with Gasteiger partial charge < -0.3 is 15.2 Å². The highest BCUT2D eigenvalue weighted by Crippen LogP contribution is 2.22. The molecule has 124 valence electrons. The van der Waals surface area contributed by atoms with Gasteiger partial charge in [0.1, 0.15) is 0 Å². The molecule has 2 amide bonds. The van der Waals surface area contributed by atoms with Crippen LogP contribution in [0.15, 0.2) is 24.3 Å². The second-order valence-corrected chi connectivity index (χ2v) is 6.78. The van der Waals surface area contributed by atoms with Gasteiger partial charge in [0.05, 0.1) is 0 Å². The molecule has 1 saturated heterocycles. The van der Waals surface area contributed by atoms with E-state index in [-0.39, 0.29) is 6.03 Å². The molecule has 0 radical (unpaired) electrons. The summed E-state index contributed by atoms with van der Waals surface area (Å²) < 4.78 is 0. The van der Waals surface area contributed by atoms with Crippen molar-refractivity contribution in [2.75, 3.05) is 19.6 Å². The van der Waals surface area contributed by atoms with E-state index in [1.165, 1.54) is 28.6 Å². The van der Waals surface area contributed by atoms with Crippen molar-refractivity contribution in [1.82, 2.24) is 15.2 Å². The lowest BCUT2D eigenvalue weighted by Gasteiger charge is -2.21. The average molecular weight is 313 g/mol. The lowest BCUT2D eigenvalue weighted by atomic mass is 10.0. The van der Waals surface area contributed by atoms with Gasteiger partial charge >= 0.3 is 6.03 Å². The van der Waals surface area contributed by atoms with Gasteiger partial charge in [-0.1, -0.05) is 25.1 Å². The summed E-state index contributed by atoms with van der Waals surface area (Å²) in [6.07, 6.45) is 4.34. The summed E-state index contributed by atoms with van der Waals surface area (Å²) in [5.41, 5.74) is 3.68. The molecule has 2 heterocycles. The minimum atomic E-state index is 0.0941. The SMILES string of the molecule is Cc1[nH]c2ccccc2c1CCNC(=O)N1CCCC(C)CC1. The van der Waals surface area contributed by atoms with Crippen molar-refractivity contribution in [2.45, 2.75) is 39.5 Å². The average Bonchev–Trinajstić information content (AvgIpc) is 2.70. The largest absolute Gasteiger partial charge is 0.358 e. The highest BCUT2D eigenvalue weighted by Gasteiger charge is 2.18. The zero-order chi connectivity index (χ0) is 16.2. The smallest absolute Gasteiger partial charge is 0.317 e. The zero-order valence-electron chi connectivity index (χ0n) is 14.2. The molecule has 1 aliphatic heterocycles. The van der Waals surface area contributed by atoms with Crippen LogP contribution in [0.1, 0.15) is 37.4 Å². The van der Waals surface area contributed by atoms with E-state index < -0.39 is 0 Å². The maximum atomic E-state index is 12.3. The number of para-hydroxylation sites is 1. The molecule has 0 aliphatic carbocycles. The molecule has 0 spiro atoms. The molecule has 1 unspecified atom stereocenters. The maximum Gasteiger partial charge on any atom is 0.317 e. The topological polar surface area (TPSA) is 48.1 Å². The first-order valence-corrected chi connectivity index (χ1v) is 8.74. The summed E-state index contributed by atoms with van der Waals surface area (Å²) in [5.74, 6) is 0.738. The quantitative estimate of drug-likeness (QED) is 0.888. The number of nitrogens with zero attached hydrogens (tertiary/aromatic N) is 1. The number of hydrogen-bond acceptors (Lipinski definition) is 1. The predicted octanol–water partition coefficient (Wildman–Crippen LogP) is 3.85. The van der Waals surface area contributed by atoms with Crippen LogP contribution >= 0.6 is 0 Å². The number of nitrogens with one attached hydrogen (secondary N) is 2. The summed E-state index contributed by atoms with van der Waals surface area (Å²) in [7, 11) is 0. The number of aromatic nitrogens is 1. The number of aromatic amines is 1. The molecule has 2 aromatic rings. The van der Waals surface area contributed by atoms with Gasteiger partial charge in [0, 0.05) is 36.2 Å². The van der Waals surface area contributed by atoms with Crippen LogP contribution in [-0.2, 0) is 6.42 Å². The Kier molecular flexibility index (Phi) is 4.89. The van der Waals surface area contributed by atoms with E-state index in [2.05, 4.69) is 42.3 Å². The fraction of sp³-hybridized carbons (Fsp3) is 0.526. The third-order valence-electron chi connectivity index (χ3n) is 4.98. The maximum absolute atomic E-state index is 12.3. The molecule has 4 nitrogen and oxygen atoms in total. The number of benzene rings is 1. The van der Waals surface area contributed by atoms with Gasteiger partial charge in [-0.2, -0.15) is 0 Å². The third kappa shape index (κ3) is 3.69. The van der Waals surface area contributed by atoms with Crippen LogP contribution in [0.3, 0.4) is 0 Å². The van der Waals surface area contributed by atoms with E-state index in [4.69, 9.17) is 0 Å². The molecule has 1 aliphatic rings. The van der Waals surface area contributed by atoms with Crippen LogP contribution in [0.4, 0.5) is 4.79 Å². The molecular weight excluding hydrogens is 286 g/mol. The first-order chi connectivity index (χ1) is 11.1. The number of rotatable bonds is 3. The van der Waals surface area contributed by atoms with Crippen molar-refractivity contribution >= 4 is 16.9 Å². The summed E-state index contributed by atoms with van der Waals surface area (Å²) in [4.78, 5) is 17.7. The number of hydrogen-bond donors (Lipinski definition) is 2. The molecular formula is C19H27N3O. The van der Waals surface area contributed by atoms with E-state index in [9.17, 15) is 4.79 Å². The molecule has 0 saturated carbocycles. The van der Waals surface area contributed by atoms with Gasteiger partial charge in [0.15, 0.2) is 0 Å². The Bertz CT molecular complexity index is 676. The van der Waals surface area contributed by atoms with Crippen LogP contribution in [-0.4, -0.2) is 35.5 Å². The van der Waals surface area contributed by atoms with Crippen LogP contribution < -0.4 is 5.32 Å². The Hall–Kier alpha value is -1.97. The summed E-state index contributed by atoms with van der Waals surface area (Å²) in [5, 5.41) is 4.36. The van der Waals surface area contributed by atoms with Gasteiger partial charge in [-0.15, -0.1) is 0 Å². The van der Waals surface area contributed by atoms with Crippen molar-refractivity contribution in [1.29, 1.82) is 0 Å². The van der Waals surface area contributed by atoms with Crippen molar-refractivity contribution in [3.63, 3.8) is 0 Å². The van der Waals surface area contributed by atoms with Crippen LogP contribution in [0.2, 0.25) is 0 Å². The van der Waals surface area contributed by atoms with Crippen molar-refractivity contribution in [2.24, 2.45) is 5.92 Å². The van der Waals surface area contributed by atoms with E-state index in [0.717, 1.165) is 38.3 Å². The lowest BCUT2D eigenvalue weighted by molar-refractivity contribution is 0.199. The Morgan fingerprint density at radius 2 is 2.13 bits per heavy atom. The van der Waals surface area contributed by atoms with Gasteiger partial charge in [-0.3, -0.25) is 0 Å². The second kappa shape index (κ2) is 7.07. The molecule has 4 heteroatoms. The predicted molar refractivity (Wildman–Crippen MR) is 94.7 cm³/mol. The van der Waals surface area contributed by atoms with Gasteiger partial charge in [-0.25, -0.2) is 4.79 Å². The van der Waals surface area contributed by atoms with Crippen molar-refractivity contribution in [3.8, 4) is 0 Å². The van der Waals surface area contributed by atoms with Crippen molar-refractivity contribution in [3.05, 3.63) is 35.5 Å². The van der Waals surface area contributed by atoms with Crippen LogP contribution in [0.25, 0.3) is 10.9 Å². The Morgan fingerprint density at radius 1 is 1.30 bits per heavy atom. The van der Waals surface area contributed by atoms with Gasteiger partial charge in [-0.05, 0) is 50.2 Å². The summed E-state index contributed by atoms with van der Waals surface area (Å²) in [6.45, 7) is 6.85.